The Morgan fingerprint density at radius 3 is 2.35 bits per heavy atom. The first kappa shape index (κ1) is 17.5. The Labute approximate surface area is 138 Å². The van der Waals surface area contributed by atoms with E-state index in [0.717, 1.165) is 12.8 Å². The van der Waals surface area contributed by atoms with Crippen molar-refractivity contribution in [3.8, 4) is 0 Å². The summed E-state index contributed by atoms with van der Waals surface area (Å²) in [5, 5.41) is 0. The van der Waals surface area contributed by atoms with Crippen LogP contribution in [0.1, 0.15) is 43.5 Å². The third kappa shape index (κ3) is 4.32. The number of hydrogen-bond acceptors (Lipinski definition) is 3. The maximum absolute atomic E-state index is 12.6. The van der Waals surface area contributed by atoms with Crippen LogP contribution in [-0.2, 0) is 4.79 Å². The molecule has 0 bridgehead atoms. The van der Waals surface area contributed by atoms with Crippen molar-refractivity contribution in [2.45, 2.75) is 38.6 Å². The first-order valence-corrected chi connectivity index (χ1v) is 8.38. The highest BCUT2D eigenvalue weighted by Gasteiger charge is 2.33. The van der Waals surface area contributed by atoms with Gasteiger partial charge in [-0.2, -0.15) is 0 Å². The Bertz CT molecular complexity index is 542. The van der Waals surface area contributed by atoms with Crippen LogP contribution in [0.5, 0.6) is 0 Å². The van der Waals surface area contributed by atoms with Crippen LogP contribution in [0.3, 0.4) is 0 Å². The van der Waals surface area contributed by atoms with E-state index in [-0.39, 0.29) is 11.8 Å². The minimum absolute atomic E-state index is 0.00615. The van der Waals surface area contributed by atoms with Crippen molar-refractivity contribution in [1.82, 2.24) is 9.80 Å². The van der Waals surface area contributed by atoms with Crippen LogP contribution in [0.4, 0.5) is 0 Å². The van der Waals surface area contributed by atoms with Crippen molar-refractivity contribution in [1.29, 1.82) is 0 Å². The normalized spacial score (nSPS) is 18.2. The maximum Gasteiger partial charge on any atom is 0.253 e. The van der Waals surface area contributed by atoms with E-state index in [0.29, 0.717) is 38.2 Å². The standard InChI is InChI=1S/C18H27N3O2/c1-3-10-18(2,19)17(23)21-12-7-11-20(13-14-21)16(22)15-8-5-4-6-9-15/h4-6,8-9H,3,7,10-14,19H2,1-2H3. The molecule has 2 N–H and O–H groups in total. The van der Waals surface area contributed by atoms with Gasteiger partial charge in [-0.15, -0.1) is 0 Å². The zero-order valence-electron chi connectivity index (χ0n) is 14.1. The molecule has 5 heteroatoms. The van der Waals surface area contributed by atoms with Gasteiger partial charge in [0.15, 0.2) is 0 Å². The summed E-state index contributed by atoms with van der Waals surface area (Å²) < 4.78 is 0. The van der Waals surface area contributed by atoms with Crippen molar-refractivity contribution < 1.29 is 9.59 Å². The topological polar surface area (TPSA) is 66.6 Å². The highest BCUT2D eigenvalue weighted by molar-refractivity contribution is 5.94. The molecule has 1 aromatic carbocycles. The molecule has 5 nitrogen and oxygen atoms in total. The molecular weight excluding hydrogens is 290 g/mol. The van der Waals surface area contributed by atoms with Gasteiger partial charge in [-0.3, -0.25) is 9.59 Å². The summed E-state index contributed by atoms with van der Waals surface area (Å²) in [5.74, 6) is 0.0253. The lowest BCUT2D eigenvalue weighted by atomic mass is 9.95. The van der Waals surface area contributed by atoms with E-state index >= 15 is 0 Å². The number of amides is 2. The third-order valence-electron chi connectivity index (χ3n) is 4.35. The Balaban J connectivity index is 2.00. The van der Waals surface area contributed by atoms with Crippen LogP contribution in [0.15, 0.2) is 30.3 Å². The minimum Gasteiger partial charge on any atom is -0.339 e. The largest absolute Gasteiger partial charge is 0.339 e. The van der Waals surface area contributed by atoms with E-state index < -0.39 is 5.54 Å². The van der Waals surface area contributed by atoms with E-state index in [9.17, 15) is 9.59 Å². The third-order valence-corrected chi connectivity index (χ3v) is 4.35. The minimum atomic E-state index is -0.812. The Morgan fingerprint density at radius 1 is 1.09 bits per heavy atom. The molecule has 1 aliphatic rings. The molecular formula is C18H27N3O2. The lowest BCUT2D eigenvalue weighted by Gasteiger charge is -2.31. The van der Waals surface area contributed by atoms with Crippen LogP contribution in [0.25, 0.3) is 0 Å². The smallest absolute Gasteiger partial charge is 0.253 e. The molecule has 1 aliphatic heterocycles. The van der Waals surface area contributed by atoms with Gasteiger partial charge in [-0.25, -0.2) is 0 Å². The summed E-state index contributed by atoms with van der Waals surface area (Å²) in [5.41, 5.74) is 6.05. The van der Waals surface area contributed by atoms with E-state index in [1.165, 1.54) is 0 Å². The van der Waals surface area contributed by atoms with E-state index in [1.54, 1.807) is 6.92 Å². The van der Waals surface area contributed by atoms with Crippen LogP contribution < -0.4 is 5.73 Å². The maximum atomic E-state index is 12.6. The fraction of sp³-hybridized carbons (Fsp3) is 0.556. The van der Waals surface area contributed by atoms with Gasteiger partial charge in [0.05, 0.1) is 5.54 Å². The molecule has 1 saturated heterocycles. The molecule has 0 aromatic heterocycles. The molecule has 2 amide bonds. The summed E-state index contributed by atoms with van der Waals surface area (Å²) in [4.78, 5) is 28.8. The van der Waals surface area contributed by atoms with Gasteiger partial charge in [-0.1, -0.05) is 31.5 Å². The van der Waals surface area contributed by atoms with Crippen LogP contribution in [0.2, 0.25) is 0 Å². The average Bonchev–Trinajstić information content (AvgIpc) is 2.80. The molecule has 0 aliphatic carbocycles. The Kier molecular flexibility index (Phi) is 5.77. The summed E-state index contributed by atoms with van der Waals surface area (Å²) in [6.07, 6.45) is 2.34. The quantitative estimate of drug-likeness (QED) is 0.922. The zero-order valence-corrected chi connectivity index (χ0v) is 14.1. The number of hydrogen-bond donors (Lipinski definition) is 1. The zero-order chi connectivity index (χ0) is 16.9. The average molecular weight is 317 g/mol. The number of nitrogens with two attached hydrogens (primary N) is 1. The number of rotatable bonds is 4. The van der Waals surface area contributed by atoms with Crippen LogP contribution >= 0.6 is 0 Å². The van der Waals surface area contributed by atoms with Crippen LogP contribution in [-0.4, -0.2) is 53.3 Å². The molecule has 1 fully saturated rings. The molecule has 2 rings (SSSR count). The van der Waals surface area contributed by atoms with Crippen molar-refractivity contribution in [2.75, 3.05) is 26.2 Å². The van der Waals surface area contributed by atoms with Crippen molar-refractivity contribution >= 4 is 11.8 Å². The Hall–Kier alpha value is -1.88. The number of carbonyl (C=O) groups is 2. The van der Waals surface area contributed by atoms with Crippen molar-refractivity contribution in [3.63, 3.8) is 0 Å². The lowest BCUT2D eigenvalue weighted by Crippen LogP contribution is -2.54. The van der Waals surface area contributed by atoms with Gasteiger partial charge in [0.1, 0.15) is 0 Å². The fourth-order valence-corrected chi connectivity index (χ4v) is 3.07. The summed E-state index contributed by atoms with van der Waals surface area (Å²) in [7, 11) is 0. The second-order valence-corrected chi connectivity index (χ2v) is 6.47. The molecule has 1 heterocycles. The predicted molar refractivity (Wildman–Crippen MR) is 91.0 cm³/mol. The summed E-state index contributed by atoms with van der Waals surface area (Å²) in [6.45, 7) is 6.27. The first-order valence-electron chi connectivity index (χ1n) is 8.38. The second-order valence-electron chi connectivity index (χ2n) is 6.47. The van der Waals surface area contributed by atoms with Gasteiger partial charge in [0.2, 0.25) is 5.91 Å². The molecule has 0 radical (unpaired) electrons. The molecule has 0 saturated carbocycles. The fourth-order valence-electron chi connectivity index (χ4n) is 3.07. The number of carbonyl (C=O) groups excluding carboxylic acids is 2. The highest BCUT2D eigenvalue weighted by atomic mass is 16.2. The van der Waals surface area contributed by atoms with E-state index in [2.05, 4.69) is 0 Å². The monoisotopic (exact) mass is 317 g/mol. The molecule has 126 valence electrons. The SMILES string of the molecule is CCCC(C)(N)C(=O)N1CCCN(C(=O)c2ccccc2)CC1. The molecule has 23 heavy (non-hydrogen) atoms. The number of benzene rings is 1. The molecule has 0 spiro atoms. The molecule has 1 atom stereocenters. The van der Waals surface area contributed by atoms with Gasteiger partial charge in [0.25, 0.3) is 5.91 Å². The van der Waals surface area contributed by atoms with Gasteiger partial charge >= 0.3 is 0 Å². The van der Waals surface area contributed by atoms with Crippen molar-refractivity contribution in [2.24, 2.45) is 5.73 Å². The van der Waals surface area contributed by atoms with Crippen LogP contribution in [0, 0.1) is 0 Å². The van der Waals surface area contributed by atoms with Gasteiger partial charge in [-0.05, 0) is 31.9 Å². The molecule has 1 aromatic rings. The predicted octanol–water partition coefficient (Wildman–Crippen LogP) is 1.88. The summed E-state index contributed by atoms with van der Waals surface area (Å²) in [6, 6.07) is 9.29. The first-order chi connectivity index (χ1) is 11.0. The van der Waals surface area contributed by atoms with Crippen molar-refractivity contribution in [3.05, 3.63) is 35.9 Å². The Morgan fingerprint density at radius 2 is 1.70 bits per heavy atom. The van der Waals surface area contributed by atoms with Gasteiger partial charge in [0, 0.05) is 31.7 Å². The van der Waals surface area contributed by atoms with E-state index in [1.807, 2.05) is 47.1 Å². The van der Waals surface area contributed by atoms with E-state index in [4.69, 9.17) is 5.73 Å². The highest BCUT2D eigenvalue weighted by Crippen LogP contribution is 2.16. The number of nitrogens with zero attached hydrogens (tertiary/aromatic N) is 2. The molecule has 1 unspecified atom stereocenters. The second kappa shape index (κ2) is 7.59. The van der Waals surface area contributed by atoms with Gasteiger partial charge < -0.3 is 15.5 Å². The lowest BCUT2D eigenvalue weighted by molar-refractivity contribution is -0.136. The summed E-state index contributed by atoms with van der Waals surface area (Å²) >= 11 is 0.